The van der Waals surface area contributed by atoms with E-state index in [0.717, 1.165) is 28.6 Å². The van der Waals surface area contributed by atoms with E-state index in [1.165, 1.54) is 11.1 Å². The number of carbonyl (C=O) groups is 1. The molecule has 1 saturated carbocycles. The second kappa shape index (κ2) is 6.36. The minimum atomic E-state index is -0.159. The fourth-order valence-electron chi connectivity index (χ4n) is 2.76. The highest BCUT2D eigenvalue weighted by atomic mass is 79.9. The highest BCUT2D eigenvalue weighted by molar-refractivity contribution is 9.10. The van der Waals surface area contributed by atoms with Crippen LogP contribution in [0.15, 0.2) is 46.9 Å². The molecule has 0 spiro atoms. The van der Waals surface area contributed by atoms with Crippen molar-refractivity contribution < 1.29 is 4.79 Å². The Labute approximate surface area is 145 Å². The van der Waals surface area contributed by atoms with Crippen LogP contribution >= 0.6 is 15.9 Å². The number of nitrogens with one attached hydrogen (secondary N) is 2. The number of hydrogen-bond acceptors (Lipinski definition) is 1. The summed E-state index contributed by atoms with van der Waals surface area (Å²) in [6.45, 7) is 4.78. The number of aryl methyl sites for hydroxylation is 2. The van der Waals surface area contributed by atoms with Gasteiger partial charge in [0.1, 0.15) is 0 Å². The van der Waals surface area contributed by atoms with Crippen LogP contribution < -0.4 is 10.6 Å². The molecule has 3 nitrogen and oxygen atoms in total. The molecule has 4 heteroatoms. The summed E-state index contributed by atoms with van der Waals surface area (Å²) in [6, 6.07) is 14.4. The van der Waals surface area contributed by atoms with Crippen molar-refractivity contribution in [3.05, 3.63) is 63.6 Å². The van der Waals surface area contributed by atoms with Crippen LogP contribution in [0.1, 0.15) is 29.5 Å². The summed E-state index contributed by atoms with van der Waals surface area (Å²) in [4.78, 5) is 12.2. The van der Waals surface area contributed by atoms with E-state index in [0.29, 0.717) is 6.54 Å². The van der Waals surface area contributed by atoms with E-state index in [4.69, 9.17) is 0 Å². The van der Waals surface area contributed by atoms with Crippen molar-refractivity contribution in [2.24, 2.45) is 0 Å². The predicted molar refractivity (Wildman–Crippen MR) is 98.0 cm³/mol. The second-order valence-corrected chi connectivity index (χ2v) is 7.29. The van der Waals surface area contributed by atoms with Crippen molar-refractivity contribution >= 4 is 27.6 Å². The van der Waals surface area contributed by atoms with Gasteiger partial charge in [0.05, 0.1) is 5.69 Å². The topological polar surface area (TPSA) is 41.1 Å². The molecule has 2 N–H and O–H groups in total. The van der Waals surface area contributed by atoms with Crippen LogP contribution in [-0.4, -0.2) is 12.6 Å². The maximum absolute atomic E-state index is 12.2. The van der Waals surface area contributed by atoms with E-state index < -0.39 is 0 Å². The normalized spacial score (nSPS) is 15.1. The average molecular weight is 373 g/mol. The van der Waals surface area contributed by atoms with E-state index in [2.05, 4.69) is 57.8 Å². The summed E-state index contributed by atoms with van der Waals surface area (Å²) in [5, 5.41) is 5.92. The number of amides is 2. The Hall–Kier alpha value is -1.81. The Kier molecular flexibility index (Phi) is 4.44. The predicted octanol–water partition coefficient (Wildman–Crippen LogP) is 4.92. The first-order chi connectivity index (χ1) is 11.0. The smallest absolute Gasteiger partial charge is 0.319 e. The van der Waals surface area contributed by atoms with E-state index in [-0.39, 0.29) is 11.4 Å². The number of anilines is 1. The van der Waals surface area contributed by atoms with Crippen molar-refractivity contribution in [2.45, 2.75) is 32.1 Å². The molecule has 1 fully saturated rings. The van der Waals surface area contributed by atoms with Gasteiger partial charge in [-0.1, -0.05) is 35.9 Å². The molecule has 0 aromatic heterocycles. The molecular weight excluding hydrogens is 352 g/mol. The Morgan fingerprint density at radius 1 is 1.09 bits per heavy atom. The van der Waals surface area contributed by atoms with Crippen molar-refractivity contribution in [1.82, 2.24) is 5.32 Å². The zero-order valence-corrected chi connectivity index (χ0v) is 15.0. The summed E-state index contributed by atoms with van der Waals surface area (Å²) >= 11 is 3.48. The first-order valence-corrected chi connectivity index (χ1v) is 8.66. The first kappa shape index (κ1) is 16.1. The lowest BCUT2D eigenvalue weighted by molar-refractivity contribution is 0.251. The lowest BCUT2D eigenvalue weighted by atomic mass is 9.95. The molecule has 0 unspecified atom stereocenters. The van der Waals surface area contributed by atoms with E-state index in [1.807, 2.05) is 25.1 Å². The zero-order chi connectivity index (χ0) is 16.4. The highest BCUT2D eigenvalue weighted by Crippen LogP contribution is 2.47. The molecule has 0 bridgehead atoms. The van der Waals surface area contributed by atoms with Crippen LogP contribution in [0.2, 0.25) is 0 Å². The van der Waals surface area contributed by atoms with Crippen molar-refractivity contribution in [3.63, 3.8) is 0 Å². The van der Waals surface area contributed by atoms with Gasteiger partial charge in [-0.2, -0.15) is 0 Å². The van der Waals surface area contributed by atoms with Gasteiger partial charge in [-0.25, -0.2) is 4.79 Å². The van der Waals surface area contributed by atoms with Gasteiger partial charge in [0.15, 0.2) is 0 Å². The van der Waals surface area contributed by atoms with E-state index in [9.17, 15) is 4.79 Å². The van der Waals surface area contributed by atoms with Crippen LogP contribution in [0, 0.1) is 13.8 Å². The van der Waals surface area contributed by atoms with Crippen LogP contribution in [-0.2, 0) is 5.41 Å². The summed E-state index contributed by atoms with van der Waals surface area (Å²) in [5.41, 5.74) is 4.64. The molecule has 3 rings (SSSR count). The Morgan fingerprint density at radius 3 is 2.35 bits per heavy atom. The largest absolute Gasteiger partial charge is 0.337 e. The molecular formula is C19H21BrN2O. The molecule has 2 aromatic carbocycles. The highest BCUT2D eigenvalue weighted by Gasteiger charge is 2.44. The Morgan fingerprint density at radius 2 is 1.74 bits per heavy atom. The molecule has 1 aliphatic carbocycles. The van der Waals surface area contributed by atoms with E-state index in [1.54, 1.807) is 0 Å². The maximum Gasteiger partial charge on any atom is 0.319 e. The number of halogens is 1. The van der Waals surface area contributed by atoms with Gasteiger partial charge in [-0.15, -0.1) is 0 Å². The van der Waals surface area contributed by atoms with Crippen molar-refractivity contribution in [1.29, 1.82) is 0 Å². The molecule has 120 valence electrons. The maximum atomic E-state index is 12.2. The number of rotatable bonds is 4. The van der Waals surface area contributed by atoms with Crippen LogP contribution in [0.4, 0.5) is 10.5 Å². The molecule has 1 aliphatic rings. The molecule has 0 atom stereocenters. The number of carbonyl (C=O) groups excluding carboxylic acids is 1. The molecule has 2 amide bonds. The Balaban J connectivity index is 1.59. The molecule has 2 aromatic rings. The minimum absolute atomic E-state index is 0.121. The molecule has 0 radical (unpaired) electrons. The monoisotopic (exact) mass is 372 g/mol. The van der Waals surface area contributed by atoms with Crippen molar-refractivity contribution in [3.8, 4) is 0 Å². The van der Waals surface area contributed by atoms with Crippen LogP contribution in [0.5, 0.6) is 0 Å². The van der Waals surface area contributed by atoms with Crippen molar-refractivity contribution in [2.75, 3.05) is 11.9 Å². The SMILES string of the molecule is Cc1ccc(C2(CNC(=O)Nc3ccc(C)cc3Br)CC2)cc1. The fourth-order valence-corrected chi connectivity index (χ4v) is 3.36. The molecule has 0 aliphatic heterocycles. The van der Waals surface area contributed by atoms with Gasteiger partial charge < -0.3 is 10.6 Å². The summed E-state index contributed by atoms with van der Waals surface area (Å²) < 4.78 is 0.896. The average Bonchev–Trinajstić information content (AvgIpc) is 3.30. The second-order valence-electron chi connectivity index (χ2n) is 6.44. The number of urea groups is 1. The summed E-state index contributed by atoms with van der Waals surface area (Å²) in [6.07, 6.45) is 2.26. The van der Waals surface area contributed by atoms with Gasteiger partial charge in [0, 0.05) is 16.4 Å². The first-order valence-electron chi connectivity index (χ1n) is 7.87. The van der Waals surface area contributed by atoms with Crippen LogP contribution in [0.3, 0.4) is 0 Å². The van der Waals surface area contributed by atoms with Gasteiger partial charge >= 0.3 is 6.03 Å². The number of benzene rings is 2. The zero-order valence-electron chi connectivity index (χ0n) is 13.4. The molecule has 0 heterocycles. The van der Waals surface area contributed by atoms with Gasteiger partial charge in [0.2, 0.25) is 0 Å². The Bertz CT molecular complexity index is 721. The summed E-state index contributed by atoms with van der Waals surface area (Å²) in [5.74, 6) is 0. The fraction of sp³-hybridized carbons (Fsp3) is 0.316. The lowest BCUT2D eigenvalue weighted by Crippen LogP contribution is -2.35. The molecule has 23 heavy (non-hydrogen) atoms. The third kappa shape index (κ3) is 3.75. The summed E-state index contributed by atoms with van der Waals surface area (Å²) in [7, 11) is 0. The van der Waals surface area contributed by atoms with Gasteiger partial charge in [0.25, 0.3) is 0 Å². The van der Waals surface area contributed by atoms with Crippen LogP contribution in [0.25, 0.3) is 0 Å². The van der Waals surface area contributed by atoms with Gasteiger partial charge in [-0.3, -0.25) is 0 Å². The third-order valence-electron chi connectivity index (χ3n) is 4.48. The third-order valence-corrected chi connectivity index (χ3v) is 5.13. The van der Waals surface area contributed by atoms with Gasteiger partial charge in [-0.05, 0) is 65.9 Å². The standard InChI is InChI=1S/C19H21BrN2O/c1-13-3-6-15(7-4-13)19(9-10-19)12-21-18(23)22-17-8-5-14(2)11-16(17)20/h3-8,11H,9-10,12H2,1-2H3,(H2,21,22,23). The minimum Gasteiger partial charge on any atom is -0.337 e. The quantitative estimate of drug-likeness (QED) is 0.785. The lowest BCUT2D eigenvalue weighted by Gasteiger charge is -2.17. The number of hydrogen-bond donors (Lipinski definition) is 2. The molecule has 0 saturated heterocycles. The van der Waals surface area contributed by atoms with E-state index >= 15 is 0 Å².